The van der Waals surface area contributed by atoms with Gasteiger partial charge in [-0.1, -0.05) is 29.5 Å². The van der Waals surface area contributed by atoms with E-state index in [9.17, 15) is 4.79 Å². The minimum atomic E-state index is -0.379. The highest BCUT2D eigenvalue weighted by Crippen LogP contribution is 2.27. The molecule has 0 unspecified atom stereocenters. The van der Waals surface area contributed by atoms with Gasteiger partial charge in [0.25, 0.3) is 11.1 Å². The molecule has 24 heavy (non-hydrogen) atoms. The predicted octanol–water partition coefficient (Wildman–Crippen LogP) is 4.07. The van der Waals surface area contributed by atoms with E-state index in [2.05, 4.69) is 15.5 Å². The molecule has 0 saturated carbocycles. The number of benzene rings is 1. The first-order valence-electron chi connectivity index (χ1n) is 7.45. The van der Waals surface area contributed by atoms with Gasteiger partial charge in [-0.3, -0.25) is 4.79 Å². The minimum absolute atomic E-state index is 0.121. The summed E-state index contributed by atoms with van der Waals surface area (Å²) in [6.07, 6.45) is 1.53. The van der Waals surface area contributed by atoms with Gasteiger partial charge in [-0.15, -0.1) is 10.2 Å². The van der Waals surface area contributed by atoms with Crippen molar-refractivity contribution in [3.05, 3.63) is 47.7 Å². The van der Waals surface area contributed by atoms with Crippen LogP contribution in [0.5, 0.6) is 0 Å². The maximum absolute atomic E-state index is 12.3. The van der Waals surface area contributed by atoms with Crippen molar-refractivity contribution in [1.29, 1.82) is 0 Å². The van der Waals surface area contributed by atoms with Gasteiger partial charge in [-0.25, -0.2) is 0 Å². The first-order valence-corrected chi connectivity index (χ1v) is 8.33. The van der Waals surface area contributed by atoms with Crippen molar-refractivity contribution in [3.63, 3.8) is 0 Å². The molecule has 1 aromatic carbocycles. The summed E-state index contributed by atoms with van der Waals surface area (Å²) in [6, 6.07) is 9.38. The molecule has 124 valence electrons. The molecular weight excluding hydrogens is 326 g/mol. The smallest absolute Gasteiger partial charge is 0.284 e. The second-order valence-electron chi connectivity index (χ2n) is 5.42. The largest absolute Gasteiger partial charge is 0.459 e. The van der Waals surface area contributed by atoms with Crippen LogP contribution in [0.4, 0.5) is 5.69 Å². The third-order valence-electron chi connectivity index (χ3n) is 3.43. The molecule has 1 amide bonds. The Morgan fingerprint density at radius 2 is 2.08 bits per heavy atom. The van der Waals surface area contributed by atoms with Gasteiger partial charge in [-0.05, 0) is 44.5 Å². The molecule has 1 atom stereocenters. The lowest BCUT2D eigenvalue weighted by atomic mass is 10.1. The number of hydrogen-bond acceptors (Lipinski definition) is 6. The summed E-state index contributed by atoms with van der Waals surface area (Å²) in [6.45, 7) is 5.78. The normalized spacial score (nSPS) is 12.1. The maximum Gasteiger partial charge on any atom is 0.284 e. The maximum atomic E-state index is 12.3. The molecule has 0 radical (unpaired) electrons. The van der Waals surface area contributed by atoms with Crippen LogP contribution < -0.4 is 5.32 Å². The van der Waals surface area contributed by atoms with Gasteiger partial charge in [0, 0.05) is 5.69 Å². The van der Waals surface area contributed by atoms with Crippen molar-refractivity contribution < 1.29 is 13.6 Å². The number of nitrogens with zero attached hydrogens (tertiary/aromatic N) is 2. The van der Waals surface area contributed by atoms with Crippen LogP contribution in [-0.2, 0) is 4.79 Å². The fourth-order valence-corrected chi connectivity index (χ4v) is 2.83. The zero-order valence-corrected chi connectivity index (χ0v) is 14.4. The summed E-state index contributed by atoms with van der Waals surface area (Å²) < 4.78 is 10.7. The highest BCUT2D eigenvalue weighted by molar-refractivity contribution is 8.00. The molecule has 3 rings (SSSR count). The molecule has 0 aliphatic heterocycles. The second kappa shape index (κ2) is 6.92. The Labute approximate surface area is 143 Å². The van der Waals surface area contributed by atoms with Crippen LogP contribution in [0.3, 0.4) is 0 Å². The molecule has 2 aromatic heterocycles. The number of amides is 1. The molecule has 0 aliphatic rings. The Balaban J connectivity index is 1.64. The van der Waals surface area contributed by atoms with Gasteiger partial charge < -0.3 is 14.2 Å². The van der Waals surface area contributed by atoms with E-state index < -0.39 is 0 Å². The summed E-state index contributed by atoms with van der Waals surface area (Å²) >= 11 is 1.20. The summed E-state index contributed by atoms with van der Waals surface area (Å²) in [4.78, 5) is 12.3. The van der Waals surface area contributed by atoms with Gasteiger partial charge in [-0.2, -0.15) is 0 Å². The quantitative estimate of drug-likeness (QED) is 0.703. The number of aryl methyl sites for hydroxylation is 2. The van der Waals surface area contributed by atoms with Crippen LogP contribution in [0, 0.1) is 13.8 Å². The lowest BCUT2D eigenvalue weighted by molar-refractivity contribution is -0.115. The fourth-order valence-electron chi connectivity index (χ4n) is 2.15. The van der Waals surface area contributed by atoms with Gasteiger partial charge in [0.15, 0.2) is 5.76 Å². The number of rotatable bonds is 5. The summed E-state index contributed by atoms with van der Waals surface area (Å²) in [5.41, 5.74) is 2.99. The molecule has 0 aliphatic carbocycles. The minimum Gasteiger partial charge on any atom is -0.459 e. The molecule has 0 saturated heterocycles. The van der Waals surface area contributed by atoms with E-state index in [1.165, 1.54) is 18.0 Å². The third-order valence-corrected chi connectivity index (χ3v) is 4.36. The van der Waals surface area contributed by atoms with Gasteiger partial charge in [0.2, 0.25) is 5.91 Å². The molecule has 2 heterocycles. The summed E-state index contributed by atoms with van der Waals surface area (Å²) in [5, 5.41) is 10.7. The molecule has 7 heteroatoms. The monoisotopic (exact) mass is 343 g/mol. The summed E-state index contributed by atoms with van der Waals surface area (Å²) in [7, 11) is 0. The van der Waals surface area contributed by atoms with Gasteiger partial charge in [0.05, 0.1) is 11.5 Å². The zero-order chi connectivity index (χ0) is 17.1. The van der Waals surface area contributed by atoms with Crippen LogP contribution in [0.15, 0.2) is 50.7 Å². The lowest BCUT2D eigenvalue weighted by Gasteiger charge is -2.12. The molecule has 0 bridgehead atoms. The molecule has 0 spiro atoms. The van der Waals surface area contributed by atoms with E-state index in [1.807, 2.05) is 32.0 Å². The molecule has 1 N–H and O–H groups in total. The number of anilines is 1. The van der Waals surface area contributed by atoms with Crippen molar-refractivity contribution in [1.82, 2.24) is 10.2 Å². The molecule has 3 aromatic rings. The van der Waals surface area contributed by atoms with Crippen molar-refractivity contribution in [3.8, 4) is 11.7 Å². The Morgan fingerprint density at radius 3 is 2.79 bits per heavy atom. The van der Waals surface area contributed by atoms with Crippen molar-refractivity contribution in [2.24, 2.45) is 0 Å². The van der Waals surface area contributed by atoms with Crippen LogP contribution >= 0.6 is 11.8 Å². The number of furan rings is 1. The van der Waals surface area contributed by atoms with E-state index >= 15 is 0 Å². The first-order chi connectivity index (χ1) is 11.5. The number of aromatic nitrogens is 2. The topological polar surface area (TPSA) is 81.2 Å². The Kier molecular flexibility index (Phi) is 4.71. The summed E-state index contributed by atoms with van der Waals surface area (Å²) in [5.74, 6) is 0.677. The van der Waals surface area contributed by atoms with Gasteiger partial charge in [0.1, 0.15) is 0 Å². The number of carbonyl (C=O) groups excluding carboxylic acids is 1. The van der Waals surface area contributed by atoms with Crippen LogP contribution in [-0.4, -0.2) is 21.4 Å². The first kappa shape index (κ1) is 16.3. The Bertz CT molecular complexity index is 843. The number of hydrogen-bond donors (Lipinski definition) is 1. The van der Waals surface area contributed by atoms with E-state index in [0.29, 0.717) is 16.9 Å². The van der Waals surface area contributed by atoms with E-state index in [-0.39, 0.29) is 11.2 Å². The predicted molar refractivity (Wildman–Crippen MR) is 91.9 cm³/mol. The van der Waals surface area contributed by atoms with Crippen molar-refractivity contribution in [2.45, 2.75) is 31.2 Å². The third kappa shape index (κ3) is 3.68. The fraction of sp³-hybridized carbons (Fsp3) is 0.235. The van der Waals surface area contributed by atoms with Crippen LogP contribution in [0.25, 0.3) is 11.7 Å². The second-order valence-corrected chi connectivity index (χ2v) is 6.71. The van der Waals surface area contributed by atoms with Crippen LogP contribution in [0.2, 0.25) is 0 Å². The highest BCUT2D eigenvalue weighted by atomic mass is 32.2. The van der Waals surface area contributed by atoms with Crippen LogP contribution in [0.1, 0.15) is 18.1 Å². The van der Waals surface area contributed by atoms with Crippen molar-refractivity contribution in [2.75, 3.05) is 5.32 Å². The molecule has 6 nitrogen and oxygen atoms in total. The molecule has 0 fully saturated rings. The standard InChI is InChI=1S/C17H17N3O3S/c1-10-6-7-13(11(2)9-10)18-15(21)12(3)24-17-20-19-16(23-17)14-5-4-8-22-14/h4-9,12H,1-3H3,(H,18,21)/t12-/m0/s1. The number of thioether (sulfide) groups is 1. The van der Waals surface area contributed by atoms with Crippen molar-refractivity contribution >= 4 is 23.4 Å². The number of nitrogens with one attached hydrogen (secondary N) is 1. The lowest BCUT2D eigenvalue weighted by Crippen LogP contribution is -2.22. The SMILES string of the molecule is Cc1ccc(NC(=O)[C@H](C)Sc2nnc(-c3ccco3)o2)c(C)c1. The molecular formula is C17H17N3O3S. The average Bonchev–Trinajstić information content (AvgIpc) is 3.20. The van der Waals surface area contributed by atoms with E-state index in [4.69, 9.17) is 8.83 Å². The van der Waals surface area contributed by atoms with Gasteiger partial charge >= 0.3 is 0 Å². The zero-order valence-electron chi connectivity index (χ0n) is 13.6. The van der Waals surface area contributed by atoms with E-state index in [0.717, 1.165) is 16.8 Å². The Morgan fingerprint density at radius 1 is 1.25 bits per heavy atom. The average molecular weight is 343 g/mol. The highest BCUT2D eigenvalue weighted by Gasteiger charge is 2.20. The number of carbonyl (C=O) groups is 1. The van der Waals surface area contributed by atoms with E-state index in [1.54, 1.807) is 19.1 Å². The Hall–Kier alpha value is -2.54.